The van der Waals surface area contributed by atoms with E-state index in [0.717, 1.165) is 15.3 Å². The van der Waals surface area contributed by atoms with Crippen molar-refractivity contribution in [3.63, 3.8) is 0 Å². The first-order chi connectivity index (χ1) is 9.72. The van der Waals surface area contributed by atoms with Crippen LogP contribution in [0.15, 0.2) is 42.9 Å². The summed E-state index contributed by atoms with van der Waals surface area (Å²) in [4.78, 5) is 23.4. The predicted molar refractivity (Wildman–Crippen MR) is 77.6 cm³/mol. The molecule has 0 saturated carbocycles. The van der Waals surface area contributed by atoms with Crippen LogP contribution < -0.4 is 0 Å². The lowest BCUT2D eigenvalue weighted by Crippen LogP contribution is -2.26. The first-order valence-corrected chi connectivity index (χ1v) is 6.86. The second-order valence-corrected chi connectivity index (χ2v) is 5.26. The van der Waals surface area contributed by atoms with Crippen molar-refractivity contribution < 1.29 is 9.63 Å². The van der Waals surface area contributed by atoms with E-state index in [0.29, 0.717) is 5.69 Å². The van der Waals surface area contributed by atoms with Crippen LogP contribution in [0.25, 0.3) is 15.3 Å². The van der Waals surface area contributed by atoms with Crippen LogP contribution in [0.4, 0.5) is 0 Å². The van der Waals surface area contributed by atoms with E-state index in [-0.39, 0.29) is 5.91 Å². The van der Waals surface area contributed by atoms with Crippen LogP contribution in [-0.4, -0.2) is 34.5 Å². The Bertz CT molecular complexity index is 748. The summed E-state index contributed by atoms with van der Waals surface area (Å²) in [6, 6.07) is 9.84. The Hall–Kier alpha value is -2.18. The second-order valence-electron chi connectivity index (χ2n) is 4.23. The average Bonchev–Trinajstić information content (AvgIpc) is 3.07. The fourth-order valence-electron chi connectivity index (χ4n) is 2.01. The quantitative estimate of drug-likeness (QED) is 0.696. The lowest BCUT2D eigenvalue weighted by molar-refractivity contribution is -0.0760. The number of hydroxylamine groups is 2. The lowest BCUT2D eigenvalue weighted by atomic mass is 10.1. The number of carbonyl (C=O) groups excluding carboxylic acids is 1. The molecule has 0 aliphatic rings. The summed E-state index contributed by atoms with van der Waals surface area (Å²) >= 11 is 1.54. The molecule has 3 aromatic rings. The third-order valence-corrected chi connectivity index (χ3v) is 4.21. The zero-order valence-electron chi connectivity index (χ0n) is 11.1. The topological polar surface area (TPSA) is 46.8 Å². The van der Waals surface area contributed by atoms with E-state index >= 15 is 0 Å². The van der Waals surface area contributed by atoms with Gasteiger partial charge in [-0.1, -0.05) is 30.3 Å². The van der Waals surface area contributed by atoms with Gasteiger partial charge in [-0.05, 0) is 5.56 Å². The summed E-state index contributed by atoms with van der Waals surface area (Å²) < 4.78 is 1.80. The Labute approximate surface area is 120 Å². The third-order valence-electron chi connectivity index (χ3n) is 3.07. The minimum atomic E-state index is -0.199. The van der Waals surface area contributed by atoms with Crippen LogP contribution >= 0.6 is 11.3 Å². The van der Waals surface area contributed by atoms with Crippen LogP contribution in [0.3, 0.4) is 0 Å². The van der Waals surface area contributed by atoms with Gasteiger partial charge in [-0.2, -0.15) is 0 Å². The Morgan fingerprint density at radius 2 is 2.10 bits per heavy atom. The lowest BCUT2D eigenvalue weighted by Gasteiger charge is -2.14. The molecule has 0 bridgehead atoms. The van der Waals surface area contributed by atoms with Crippen molar-refractivity contribution >= 4 is 22.1 Å². The van der Waals surface area contributed by atoms with Crippen molar-refractivity contribution in [3.8, 4) is 10.4 Å². The van der Waals surface area contributed by atoms with Crippen molar-refractivity contribution in [1.29, 1.82) is 0 Å². The number of hydrogen-bond acceptors (Lipinski definition) is 4. The van der Waals surface area contributed by atoms with Gasteiger partial charge in [0.25, 0.3) is 5.91 Å². The molecule has 0 N–H and O–H groups in total. The normalized spacial score (nSPS) is 10.9. The van der Waals surface area contributed by atoms with Gasteiger partial charge in [0.1, 0.15) is 16.9 Å². The summed E-state index contributed by atoms with van der Waals surface area (Å²) in [7, 11) is 3.06. The van der Waals surface area contributed by atoms with Crippen LogP contribution in [0.1, 0.15) is 10.5 Å². The number of rotatable bonds is 3. The van der Waals surface area contributed by atoms with Gasteiger partial charge >= 0.3 is 0 Å². The molecule has 0 saturated heterocycles. The van der Waals surface area contributed by atoms with Gasteiger partial charge in [0.15, 0.2) is 0 Å². The molecule has 20 heavy (non-hydrogen) atoms. The van der Waals surface area contributed by atoms with Crippen molar-refractivity contribution in [1.82, 2.24) is 14.4 Å². The van der Waals surface area contributed by atoms with Crippen molar-refractivity contribution in [2.24, 2.45) is 0 Å². The molecule has 5 nitrogen and oxygen atoms in total. The van der Waals surface area contributed by atoms with Gasteiger partial charge in [0, 0.05) is 7.05 Å². The maximum atomic E-state index is 12.5. The summed E-state index contributed by atoms with van der Waals surface area (Å²) in [6.07, 6.45) is 3.40. The largest absolute Gasteiger partial charge is 0.295 e. The van der Waals surface area contributed by atoms with Gasteiger partial charge in [0.05, 0.1) is 18.2 Å². The van der Waals surface area contributed by atoms with Crippen LogP contribution in [0.5, 0.6) is 0 Å². The van der Waals surface area contributed by atoms with Gasteiger partial charge in [-0.25, -0.2) is 10.0 Å². The van der Waals surface area contributed by atoms with E-state index in [4.69, 9.17) is 4.84 Å². The molecule has 2 heterocycles. The van der Waals surface area contributed by atoms with Crippen LogP contribution in [0, 0.1) is 0 Å². The number of imidazole rings is 1. The summed E-state index contributed by atoms with van der Waals surface area (Å²) in [6.45, 7) is 0. The number of benzene rings is 1. The maximum absolute atomic E-state index is 12.5. The Morgan fingerprint density at radius 1 is 1.35 bits per heavy atom. The number of amides is 1. The Morgan fingerprint density at radius 3 is 2.80 bits per heavy atom. The van der Waals surface area contributed by atoms with E-state index < -0.39 is 0 Å². The molecule has 0 unspecified atom stereocenters. The summed E-state index contributed by atoms with van der Waals surface area (Å²) in [5, 5.41) is 1.22. The second kappa shape index (κ2) is 5.07. The molecule has 1 amide bonds. The number of carbonyl (C=O) groups is 1. The monoisotopic (exact) mass is 287 g/mol. The zero-order chi connectivity index (χ0) is 14.1. The first-order valence-electron chi connectivity index (χ1n) is 6.05. The molecule has 0 aliphatic carbocycles. The van der Waals surface area contributed by atoms with Gasteiger partial charge in [-0.15, -0.1) is 11.3 Å². The molecular weight excluding hydrogens is 274 g/mol. The number of aromatic nitrogens is 2. The molecule has 0 atom stereocenters. The standard InChI is InChI=1S/C14H13N3O2S/c1-16(19-2)14(18)12-13(10-6-4-3-5-7-10)20-11-8-15-9-17(11)12/h3-9H,1-2H3. The number of thiazole rings is 1. The van der Waals surface area contributed by atoms with Crippen molar-refractivity contribution in [2.45, 2.75) is 0 Å². The fraction of sp³-hybridized carbons (Fsp3) is 0.143. The Kier molecular flexibility index (Phi) is 3.25. The number of nitrogens with zero attached hydrogens (tertiary/aromatic N) is 3. The summed E-state index contributed by atoms with van der Waals surface area (Å²) in [5.74, 6) is -0.199. The fourth-order valence-corrected chi connectivity index (χ4v) is 3.10. The smallest absolute Gasteiger partial charge is 0.284 e. The van der Waals surface area contributed by atoms with Crippen LogP contribution in [-0.2, 0) is 4.84 Å². The van der Waals surface area contributed by atoms with Crippen molar-refractivity contribution in [2.75, 3.05) is 14.2 Å². The number of fused-ring (bicyclic) bond motifs is 1. The highest BCUT2D eigenvalue weighted by Crippen LogP contribution is 2.33. The highest BCUT2D eigenvalue weighted by Gasteiger charge is 2.23. The highest BCUT2D eigenvalue weighted by atomic mass is 32.1. The molecule has 3 rings (SSSR count). The predicted octanol–water partition coefficient (Wildman–Crippen LogP) is 2.70. The molecule has 2 aromatic heterocycles. The van der Waals surface area contributed by atoms with Crippen LogP contribution in [0.2, 0.25) is 0 Å². The van der Waals surface area contributed by atoms with Gasteiger partial charge < -0.3 is 0 Å². The number of hydrogen-bond donors (Lipinski definition) is 0. The zero-order valence-corrected chi connectivity index (χ0v) is 11.9. The highest BCUT2D eigenvalue weighted by molar-refractivity contribution is 7.21. The molecule has 1 aromatic carbocycles. The first kappa shape index (κ1) is 12.8. The van der Waals surface area contributed by atoms with E-state index in [1.165, 1.54) is 23.5 Å². The average molecular weight is 287 g/mol. The third kappa shape index (κ3) is 1.99. The molecular formula is C14H13N3O2S. The molecule has 6 heteroatoms. The van der Waals surface area contributed by atoms with E-state index in [2.05, 4.69) is 4.98 Å². The molecule has 0 fully saturated rings. The van der Waals surface area contributed by atoms with E-state index in [1.54, 1.807) is 24.0 Å². The molecule has 0 radical (unpaired) electrons. The van der Waals surface area contributed by atoms with E-state index in [1.807, 2.05) is 30.3 Å². The van der Waals surface area contributed by atoms with Crippen molar-refractivity contribution in [3.05, 3.63) is 48.5 Å². The maximum Gasteiger partial charge on any atom is 0.295 e. The van der Waals surface area contributed by atoms with Gasteiger partial charge in [0.2, 0.25) is 0 Å². The molecule has 0 aliphatic heterocycles. The Balaban J connectivity index is 2.22. The SMILES string of the molecule is CON(C)C(=O)c1c(-c2ccccc2)sc2cncn12. The minimum Gasteiger partial charge on any atom is -0.284 e. The van der Waals surface area contributed by atoms with Gasteiger partial charge in [-0.3, -0.25) is 14.0 Å². The molecule has 0 spiro atoms. The minimum absolute atomic E-state index is 0.199. The summed E-state index contributed by atoms with van der Waals surface area (Å²) in [5.41, 5.74) is 1.58. The van der Waals surface area contributed by atoms with E-state index in [9.17, 15) is 4.79 Å². The molecule has 102 valence electrons.